The maximum atomic E-state index is 11.3. The summed E-state index contributed by atoms with van der Waals surface area (Å²) < 4.78 is 0. The molecule has 0 aliphatic rings. The summed E-state index contributed by atoms with van der Waals surface area (Å²) in [5.41, 5.74) is 0. The van der Waals surface area contributed by atoms with Gasteiger partial charge in [-0.15, -0.1) is 0 Å². The van der Waals surface area contributed by atoms with E-state index in [-0.39, 0.29) is 11.8 Å². The first kappa shape index (κ1) is 13.0. The predicted molar refractivity (Wildman–Crippen MR) is 56.5 cm³/mol. The molecule has 0 aromatic carbocycles. The molecule has 3 nitrogen and oxygen atoms in total. The molecule has 0 bridgehead atoms. The minimum Gasteiger partial charge on any atom is -0.356 e. The van der Waals surface area contributed by atoms with Crippen LogP contribution in [0.25, 0.3) is 0 Å². The first-order valence-corrected chi connectivity index (χ1v) is 5.26. The van der Waals surface area contributed by atoms with Crippen LogP contribution in [0.5, 0.6) is 0 Å². The molecular weight excluding hydrogens is 176 g/mol. The van der Waals surface area contributed by atoms with Crippen LogP contribution in [-0.2, 0) is 4.79 Å². The van der Waals surface area contributed by atoms with Crippen LogP contribution >= 0.6 is 0 Å². The Bertz CT molecular complexity index is 206. The third kappa shape index (κ3) is 6.47. The minimum absolute atomic E-state index is 0.000880. The molecule has 80 valence electrons. The highest BCUT2D eigenvalue weighted by Gasteiger charge is 2.10. The number of carbonyl (C=O) groups excluding carboxylic acids is 1. The van der Waals surface area contributed by atoms with E-state index in [1.165, 1.54) is 0 Å². The largest absolute Gasteiger partial charge is 0.356 e. The summed E-state index contributed by atoms with van der Waals surface area (Å²) in [6.45, 7) is 6.89. The van der Waals surface area contributed by atoms with Gasteiger partial charge in [-0.2, -0.15) is 5.26 Å². The monoisotopic (exact) mass is 196 g/mol. The van der Waals surface area contributed by atoms with Crippen LogP contribution in [0.3, 0.4) is 0 Å². The molecule has 1 atom stereocenters. The Balaban J connectivity index is 3.60. The van der Waals surface area contributed by atoms with Crippen molar-refractivity contribution in [1.82, 2.24) is 5.32 Å². The Morgan fingerprint density at radius 2 is 2.14 bits per heavy atom. The minimum atomic E-state index is -0.131. The first-order chi connectivity index (χ1) is 6.60. The third-order valence-electron chi connectivity index (χ3n) is 2.15. The standard InChI is InChI=1S/C11H20N2O/c1-4-10(8-12)7-11(14)13-6-5-9(2)3/h9-10H,4-7H2,1-3H3,(H,13,14). The van der Waals surface area contributed by atoms with E-state index in [2.05, 4.69) is 25.2 Å². The molecule has 0 aromatic heterocycles. The molecule has 0 spiro atoms. The highest BCUT2D eigenvalue weighted by molar-refractivity contribution is 5.76. The zero-order valence-electron chi connectivity index (χ0n) is 9.34. The van der Waals surface area contributed by atoms with Crippen molar-refractivity contribution in [2.24, 2.45) is 11.8 Å². The number of carbonyl (C=O) groups is 1. The maximum absolute atomic E-state index is 11.3. The van der Waals surface area contributed by atoms with E-state index in [9.17, 15) is 4.79 Å². The topological polar surface area (TPSA) is 52.9 Å². The number of nitriles is 1. The molecule has 1 unspecified atom stereocenters. The van der Waals surface area contributed by atoms with Crippen molar-refractivity contribution in [1.29, 1.82) is 5.26 Å². The Hall–Kier alpha value is -1.04. The van der Waals surface area contributed by atoms with Gasteiger partial charge in [-0.3, -0.25) is 4.79 Å². The van der Waals surface area contributed by atoms with Gasteiger partial charge in [0.25, 0.3) is 0 Å². The number of amides is 1. The smallest absolute Gasteiger partial charge is 0.221 e. The van der Waals surface area contributed by atoms with Crippen molar-refractivity contribution >= 4 is 5.91 Å². The van der Waals surface area contributed by atoms with Crippen molar-refractivity contribution in [3.8, 4) is 6.07 Å². The predicted octanol–water partition coefficient (Wildman–Crippen LogP) is 2.09. The summed E-state index contributed by atoms with van der Waals surface area (Å²) in [6, 6.07) is 2.12. The van der Waals surface area contributed by atoms with Crippen molar-refractivity contribution in [2.45, 2.75) is 40.0 Å². The Kier molecular flexibility index (Phi) is 6.82. The summed E-state index contributed by atoms with van der Waals surface area (Å²) in [5.74, 6) is 0.473. The van der Waals surface area contributed by atoms with Crippen LogP contribution in [0.4, 0.5) is 0 Å². The van der Waals surface area contributed by atoms with E-state index < -0.39 is 0 Å². The number of nitrogens with zero attached hydrogens (tertiary/aromatic N) is 1. The second kappa shape index (κ2) is 7.37. The zero-order chi connectivity index (χ0) is 11.0. The molecule has 0 heterocycles. The van der Waals surface area contributed by atoms with Crippen LogP contribution in [0, 0.1) is 23.2 Å². The lowest BCUT2D eigenvalue weighted by atomic mass is 10.0. The molecule has 1 amide bonds. The molecule has 14 heavy (non-hydrogen) atoms. The number of rotatable bonds is 6. The van der Waals surface area contributed by atoms with Gasteiger partial charge in [-0.25, -0.2) is 0 Å². The van der Waals surface area contributed by atoms with Crippen LogP contribution in [-0.4, -0.2) is 12.5 Å². The van der Waals surface area contributed by atoms with Crippen LogP contribution in [0.15, 0.2) is 0 Å². The summed E-state index contributed by atoms with van der Waals surface area (Å²) in [6.07, 6.45) is 2.08. The van der Waals surface area contributed by atoms with Gasteiger partial charge in [0.1, 0.15) is 0 Å². The molecule has 0 aromatic rings. The van der Waals surface area contributed by atoms with Crippen LogP contribution in [0.1, 0.15) is 40.0 Å². The first-order valence-electron chi connectivity index (χ1n) is 5.26. The highest BCUT2D eigenvalue weighted by atomic mass is 16.1. The Morgan fingerprint density at radius 1 is 1.50 bits per heavy atom. The van der Waals surface area contributed by atoms with Crippen molar-refractivity contribution in [2.75, 3.05) is 6.54 Å². The van der Waals surface area contributed by atoms with Gasteiger partial charge < -0.3 is 5.32 Å². The quantitative estimate of drug-likeness (QED) is 0.707. The highest BCUT2D eigenvalue weighted by Crippen LogP contribution is 2.05. The van der Waals surface area contributed by atoms with Gasteiger partial charge in [-0.05, 0) is 18.8 Å². The average Bonchev–Trinajstić information content (AvgIpc) is 2.13. The average molecular weight is 196 g/mol. The molecule has 3 heteroatoms. The number of nitrogens with one attached hydrogen (secondary N) is 1. The normalized spacial score (nSPS) is 12.2. The molecule has 0 aliphatic heterocycles. The molecular formula is C11H20N2O. The fraction of sp³-hybridized carbons (Fsp3) is 0.818. The lowest BCUT2D eigenvalue weighted by molar-refractivity contribution is -0.121. The van der Waals surface area contributed by atoms with E-state index in [0.29, 0.717) is 12.3 Å². The third-order valence-corrected chi connectivity index (χ3v) is 2.15. The summed E-state index contributed by atoms with van der Waals surface area (Å²) >= 11 is 0. The van der Waals surface area contributed by atoms with E-state index in [0.717, 1.165) is 19.4 Å². The van der Waals surface area contributed by atoms with Gasteiger partial charge >= 0.3 is 0 Å². The van der Waals surface area contributed by atoms with E-state index >= 15 is 0 Å². The van der Waals surface area contributed by atoms with Gasteiger partial charge in [0, 0.05) is 13.0 Å². The van der Waals surface area contributed by atoms with E-state index in [4.69, 9.17) is 5.26 Å². The SMILES string of the molecule is CCC(C#N)CC(=O)NCCC(C)C. The fourth-order valence-electron chi connectivity index (χ4n) is 1.08. The summed E-state index contributed by atoms with van der Waals surface area (Å²) in [7, 11) is 0. The Labute approximate surface area is 86.5 Å². The zero-order valence-corrected chi connectivity index (χ0v) is 9.34. The van der Waals surface area contributed by atoms with Gasteiger partial charge in [0.05, 0.1) is 12.0 Å². The second-order valence-electron chi connectivity index (χ2n) is 3.97. The number of hydrogen-bond acceptors (Lipinski definition) is 2. The summed E-state index contributed by atoms with van der Waals surface area (Å²) in [4.78, 5) is 11.3. The van der Waals surface area contributed by atoms with Crippen LogP contribution in [0.2, 0.25) is 0 Å². The van der Waals surface area contributed by atoms with Gasteiger partial charge in [0.15, 0.2) is 0 Å². The second-order valence-corrected chi connectivity index (χ2v) is 3.97. The molecule has 0 rings (SSSR count). The lowest BCUT2D eigenvalue weighted by Gasteiger charge is -2.08. The van der Waals surface area contributed by atoms with Crippen molar-refractivity contribution < 1.29 is 4.79 Å². The van der Waals surface area contributed by atoms with Crippen LogP contribution < -0.4 is 5.32 Å². The maximum Gasteiger partial charge on any atom is 0.221 e. The molecule has 0 saturated carbocycles. The molecule has 0 saturated heterocycles. The molecule has 0 fully saturated rings. The van der Waals surface area contributed by atoms with Crippen molar-refractivity contribution in [3.63, 3.8) is 0 Å². The van der Waals surface area contributed by atoms with Gasteiger partial charge in [0.2, 0.25) is 5.91 Å². The summed E-state index contributed by atoms with van der Waals surface area (Å²) in [5, 5.41) is 11.5. The Morgan fingerprint density at radius 3 is 2.57 bits per heavy atom. The lowest BCUT2D eigenvalue weighted by Crippen LogP contribution is -2.26. The van der Waals surface area contributed by atoms with Gasteiger partial charge in [-0.1, -0.05) is 20.8 Å². The molecule has 0 radical (unpaired) electrons. The van der Waals surface area contributed by atoms with E-state index in [1.807, 2.05) is 6.92 Å². The fourth-order valence-corrected chi connectivity index (χ4v) is 1.08. The van der Waals surface area contributed by atoms with Crippen molar-refractivity contribution in [3.05, 3.63) is 0 Å². The number of hydrogen-bond donors (Lipinski definition) is 1. The molecule has 0 aliphatic carbocycles. The molecule has 1 N–H and O–H groups in total. The van der Waals surface area contributed by atoms with E-state index in [1.54, 1.807) is 0 Å².